The lowest BCUT2D eigenvalue weighted by molar-refractivity contribution is -0.137. The van der Waals surface area contributed by atoms with Crippen LogP contribution >= 0.6 is 15.9 Å². The molecule has 0 heterocycles. The molecule has 3 aromatic rings. The van der Waals surface area contributed by atoms with Crippen molar-refractivity contribution >= 4 is 27.5 Å². The van der Waals surface area contributed by atoms with Crippen LogP contribution < -0.4 is 14.8 Å². The summed E-state index contributed by atoms with van der Waals surface area (Å²) in [6, 6.07) is 15.9. The number of hydrogen-bond acceptors (Lipinski definition) is 3. The molecule has 0 atom stereocenters. The Bertz CT molecular complexity index is 1000. The van der Waals surface area contributed by atoms with Gasteiger partial charge in [-0.3, -0.25) is 4.79 Å². The molecule has 0 aliphatic heterocycles. The summed E-state index contributed by atoms with van der Waals surface area (Å²) in [5, 5.41) is 2.50. The van der Waals surface area contributed by atoms with Crippen LogP contribution in [0.3, 0.4) is 0 Å². The number of rotatable bonds is 5. The number of benzene rings is 3. The van der Waals surface area contributed by atoms with E-state index in [1.165, 1.54) is 13.2 Å². The molecule has 29 heavy (non-hydrogen) atoms. The molecular weight excluding hydrogens is 451 g/mol. The summed E-state index contributed by atoms with van der Waals surface area (Å²) >= 11 is 3.27. The molecule has 0 saturated carbocycles. The van der Waals surface area contributed by atoms with E-state index in [1.807, 2.05) is 0 Å². The van der Waals surface area contributed by atoms with Crippen molar-refractivity contribution in [3.63, 3.8) is 0 Å². The molecule has 0 aliphatic rings. The minimum atomic E-state index is -4.56. The van der Waals surface area contributed by atoms with Crippen molar-refractivity contribution in [2.75, 3.05) is 12.4 Å². The maximum Gasteiger partial charge on any atom is 0.416 e. The monoisotopic (exact) mass is 465 g/mol. The lowest BCUT2D eigenvalue weighted by Gasteiger charge is -2.15. The highest BCUT2D eigenvalue weighted by atomic mass is 79.9. The first-order valence-electron chi connectivity index (χ1n) is 8.36. The summed E-state index contributed by atoms with van der Waals surface area (Å²) in [5.41, 5.74) is -0.699. The van der Waals surface area contributed by atoms with Gasteiger partial charge in [0.1, 0.15) is 11.5 Å². The molecule has 0 radical (unpaired) electrons. The molecule has 0 saturated heterocycles. The minimum Gasteiger partial charge on any atom is -0.497 e. The zero-order valence-corrected chi connectivity index (χ0v) is 16.7. The molecule has 4 nitrogen and oxygen atoms in total. The van der Waals surface area contributed by atoms with E-state index in [0.717, 1.165) is 16.6 Å². The molecule has 0 spiro atoms. The largest absolute Gasteiger partial charge is 0.497 e. The summed E-state index contributed by atoms with van der Waals surface area (Å²) < 4.78 is 51.0. The van der Waals surface area contributed by atoms with E-state index in [2.05, 4.69) is 21.2 Å². The summed E-state index contributed by atoms with van der Waals surface area (Å²) in [6.07, 6.45) is -4.56. The molecule has 0 aromatic heterocycles. The molecule has 1 N–H and O–H groups in total. The maximum atomic E-state index is 13.1. The van der Waals surface area contributed by atoms with Gasteiger partial charge in [0.15, 0.2) is 5.75 Å². The van der Waals surface area contributed by atoms with Gasteiger partial charge in [0.2, 0.25) is 0 Å². The number of alkyl halides is 3. The first-order chi connectivity index (χ1) is 13.8. The highest BCUT2D eigenvalue weighted by Gasteiger charge is 2.31. The van der Waals surface area contributed by atoms with Crippen LogP contribution in [0.25, 0.3) is 0 Å². The van der Waals surface area contributed by atoms with Gasteiger partial charge < -0.3 is 14.8 Å². The van der Waals surface area contributed by atoms with E-state index in [0.29, 0.717) is 17.1 Å². The highest BCUT2D eigenvalue weighted by Crippen LogP contribution is 2.37. The van der Waals surface area contributed by atoms with E-state index in [-0.39, 0.29) is 11.4 Å². The van der Waals surface area contributed by atoms with Crippen LogP contribution in [0, 0.1) is 0 Å². The Morgan fingerprint density at radius 1 is 0.931 bits per heavy atom. The minimum absolute atomic E-state index is 0.0774. The van der Waals surface area contributed by atoms with Crippen LogP contribution in [-0.2, 0) is 6.18 Å². The average Bonchev–Trinajstić information content (AvgIpc) is 2.69. The van der Waals surface area contributed by atoms with Crippen molar-refractivity contribution in [3.8, 4) is 17.2 Å². The lowest BCUT2D eigenvalue weighted by atomic mass is 10.1. The number of halogens is 4. The van der Waals surface area contributed by atoms with Gasteiger partial charge in [-0.25, -0.2) is 0 Å². The van der Waals surface area contributed by atoms with Gasteiger partial charge in [0, 0.05) is 10.0 Å². The number of amides is 1. The predicted octanol–water partition coefficient (Wildman–Crippen LogP) is 6.52. The molecule has 3 aromatic carbocycles. The van der Waals surface area contributed by atoms with Crippen LogP contribution in [0.15, 0.2) is 71.2 Å². The van der Waals surface area contributed by atoms with Gasteiger partial charge in [-0.2, -0.15) is 13.2 Å². The van der Waals surface area contributed by atoms with Gasteiger partial charge in [-0.15, -0.1) is 0 Å². The number of ether oxygens (including phenoxy) is 2. The lowest BCUT2D eigenvalue weighted by Crippen LogP contribution is -2.14. The topological polar surface area (TPSA) is 47.6 Å². The standard InChI is InChI=1S/C21H15BrF3NO3/c1-28-16-7-9-17(10-8-16)29-19-11-4-14(21(23,24)25)12-18(19)26-20(27)13-2-5-15(22)6-3-13/h2-12H,1H3,(H,26,27). The molecule has 0 aliphatic carbocycles. The third kappa shape index (κ3) is 5.29. The molecule has 0 unspecified atom stereocenters. The number of carbonyl (C=O) groups is 1. The Morgan fingerprint density at radius 2 is 1.55 bits per heavy atom. The Kier molecular flexibility index (Phi) is 6.12. The second-order valence-corrected chi connectivity index (χ2v) is 6.86. The van der Waals surface area contributed by atoms with E-state index in [9.17, 15) is 18.0 Å². The zero-order chi connectivity index (χ0) is 21.0. The molecule has 8 heteroatoms. The van der Waals surface area contributed by atoms with Crippen LogP contribution in [-0.4, -0.2) is 13.0 Å². The maximum absolute atomic E-state index is 13.1. The normalized spacial score (nSPS) is 11.1. The van der Waals surface area contributed by atoms with Gasteiger partial charge in [0.05, 0.1) is 18.4 Å². The number of methoxy groups -OCH3 is 1. The average molecular weight is 466 g/mol. The molecule has 3 rings (SSSR count). The number of hydrogen-bond donors (Lipinski definition) is 1. The van der Waals surface area contributed by atoms with E-state index >= 15 is 0 Å². The number of carbonyl (C=O) groups excluding carboxylic acids is 1. The summed E-state index contributed by atoms with van der Waals surface area (Å²) in [6.45, 7) is 0. The van der Waals surface area contributed by atoms with E-state index in [1.54, 1.807) is 48.5 Å². The fourth-order valence-electron chi connectivity index (χ4n) is 2.46. The molecule has 0 bridgehead atoms. The van der Waals surface area contributed by atoms with Crippen molar-refractivity contribution in [2.24, 2.45) is 0 Å². The van der Waals surface area contributed by atoms with Crippen molar-refractivity contribution in [1.29, 1.82) is 0 Å². The van der Waals surface area contributed by atoms with Crippen LogP contribution in [0.2, 0.25) is 0 Å². The summed E-state index contributed by atoms with van der Waals surface area (Å²) in [5.74, 6) is 0.503. The third-order valence-corrected chi connectivity index (χ3v) is 4.48. The Balaban J connectivity index is 1.92. The Labute approximate surface area is 173 Å². The second kappa shape index (κ2) is 8.57. The predicted molar refractivity (Wildman–Crippen MR) is 107 cm³/mol. The fourth-order valence-corrected chi connectivity index (χ4v) is 2.72. The number of nitrogens with one attached hydrogen (secondary N) is 1. The van der Waals surface area contributed by atoms with Crippen LogP contribution in [0.4, 0.5) is 18.9 Å². The first-order valence-corrected chi connectivity index (χ1v) is 9.15. The first kappa shape index (κ1) is 20.7. The molecule has 150 valence electrons. The van der Waals surface area contributed by atoms with Gasteiger partial charge in [-0.05, 0) is 66.7 Å². The van der Waals surface area contributed by atoms with Crippen molar-refractivity contribution in [2.45, 2.75) is 6.18 Å². The second-order valence-electron chi connectivity index (χ2n) is 5.95. The zero-order valence-electron chi connectivity index (χ0n) is 15.1. The fraction of sp³-hybridized carbons (Fsp3) is 0.0952. The Hall–Kier alpha value is -3.00. The quantitative estimate of drug-likeness (QED) is 0.466. The summed E-state index contributed by atoms with van der Waals surface area (Å²) in [4.78, 5) is 12.5. The Morgan fingerprint density at radius 3 is 2.14 bits per heavy atom. The van der Waals surface area contributed by atoms with Crippen LogP contribution in [0.5, 0.6) is 17.2 Å². The third-order valence-electron chi connectivity index (χ3n) is 3.95. The van der Waals surface area contributed by atoms with E-state index in [4.69, 9.17) is 9.47 Å². The SMILES string of the molecule is COc1ccc(Oc2ccc(C(F)(F)F)cc2NC(=O)c2ccc(Br)cc2)cc1. The van der Waals surface area contributed by atoms with Crippen molar-refractivity contribution in [3.05, 3.63) is 82.3 Å². The summed E-state index contributed by atoms with van der Waals surface area (Å²) in [7, 11) is 1.52. The molecular formula is C21H15BrF3NO3. The molecule has 0 fully saturated rings. The van der Waals surface area contributed by atoms with Crippen LogP contribution in [0.1, 0.15) is 15.9 Å². The highest BCUT2D eigenvalue weighted by molar-refractivity contribution is 9.10. The molecule has 1 amide bonds. The van der Waals surface area contributed by atoms with Crippen molar-refractivity contribution in [1.82, 2.24) is 0 Å². The van der Waals surface area contributed by atoms with Crippen molar-refractivity contribution < 1.29 is 27.4 Å². The number of anilines is 1. The smallest absolute Gasteiger partial charge is 0.416 e. The van der Waals surface area contributed by atoms with Gasteiger partial charge in [-0.1, -0.05) is 15.9 Å². The van der Waals surface area contributed by atoms with E-state index < -0.39 is 17.6 Å². The van der Waals surface area contributed by atoms with Gasteiger partial charge >= 0.3 is 6.18 Å². The van der Waals surface area contributed by atoms with Gasteiger partial charge in [0.25, 0.3) is 5.91 Å².